The number of likely N-dealkylation sites (tertiary alicyclic amines) is 2. The van der Waals surface area contributed by atoms with Gasteiger partial charge in [-0.15, -0.1) is 0 Å². The van der Waals surface area contributed by atoms with E-state index in [1.165, 1.54) is 5.56 Å². The van der Waals surface area contributed by atoms with Crippen molar-refractivity contribution in [3.63, 3.8) is 0 Å². The fraction of sp³-hybridized carbons (Fsp3) is 0.579. The summed E-state index contributed by atoms with van der Waals surface area (Å²) in [6.07, 6.45) is 4.13. The van der Waals surface area contributed by atoms with Gasteiger partial charge >= 0.3 is 0 Å². The summed E-state index contributed by atoms with van der Waals surface area (Å²) >= 11 is 0. The van der Waals surface area contributed by atoms with E-state index in [2.05, 4.69) is 31.2 Å². The van der Waals surface area contributed by atoms with Crippen molar-refractivity contribution in [3.8, 4) is 0 Å². The summed E-state index contributed by atoms with van der Waals surface area (Å²) in [4.78, 5) is 28.3. The molecule has 0 saturated carbocycles. The molecule has 0 aliphatic carbocycles. The van der Waals surface area contributed by atoms with E-state index in [0.29, 0.717) is 25.9 Å². The Labute approximate surface area is 138 Å². The fourth-order valence-corrected chi connectivity index (χ4v) is 3.76. The first kappa shape index (κ1) is 16.0. The number of benzene rings is 1. The van der Waals surface area contributed by atoms with Gasteiger partial charge in [0.25, 0.3) is 0 Å². The molecule has 2 fully saturated rings. The van der Waals surface area contributed by atoms with Gasteiger partial charge in [-0.1, -0.05) is 37.3 Å². The third-order valence-electron chi connectivity index (χ3n) is 5.31. The van der Waals surface area contributed by atoms with Gasteiger partial charge in [0, 0.05) is 44.4 Å². The molecule has 0 bridgehead atoms. The van der Waals surface area contributed by atoms with Crippen LogP contribution in [0.25, 0.3) is 0 Å². The van der Waals surface area contributed by atoms with Crippen LogP contribution in [-0.4, -0.2) is 47.8 Å². The van der Waals surface area contributed by atoms with Crippen LogP contribution in [0.4, 0.5) is 0 Å². The Morgan fingerprint density at radius 3 is 2.57 bits per heavy atom. The van der Waals surface area contributed by atoms with E-state index in [1.54, 1.807) is 0 Å². The molecule has 0 aromatic heterocycles. The van der Waals surface area contributed by atoms with Crippen molar-refractivity contribution < 1.29 is 9.59 Å². The summed E-state index contributed by atoms with van der Waals surface area (Å²) in [7, 11) is 0. The fourth-order valence-electron chi connectivity index (χ4n) is 3.76. The molecule has 4 heteroatoms. The second kappa shape index (κ2) is 6.73. The molecule has 2 aliphatic rings. The van der Waals surface area contributed by atoms with Crippen LogP contribution in [-0.2, 0) is 15.0 Å². The molecule has 4 nitrogen and oxygen atoms in total. The average Bonchev–Trinajstić information content (AvgIpc) is 3.11. The Kier molecular flexibility index (Phi) is 4.69. The van der Waals surface area contributed by atoms with Crippen LogP contribution in [0.1, 0.15) is 44.6 Å². The quantitative estimate of drug-likeness (QED) is 0.857. The number of hydrogen-bond acceptors (Lipinski definition) is 2. The summed E-state index contributed by atoms with van der Waals surface area (Å²) in [6.45, 7) is 5.26. The van der Waals surface area contributed by atoms with Gasteiger partial charge in [-0.25, -0.2) is 0 Å². The highest BCUT2D eigenvalue weighted by molar-refractivity contribution is 5.80. The third kappa shape index (κ3) is 3.57. The van der Waals surface area contributed by atoms with Crippen molar-refractivity contribution >= 4 is 11.8 Å². The van der Waals surface area contributed by atoms with Crippen molar-refractivity contribution in [2.45, 2.75) is 44.4 Å². The van der Waals surface area contributed by atoms with Crippen LogP contribution < -0.4 is 0 Å². The number of hydrogen-bond donors (Lipinski definition) is 0. The average molecular weight is 314 g/mol. The molecule has 2 aliphatic heterocycles. The van der Waals surface area contributed by atoms with Gasteiger partial charge in [0.05, 0.1) is 0 Å². The van der Waals surface area contributed by atoms with E-state index in [1.807, 2.05) is 15.9 Å². The molecule has 1 atom stereocenters. The molecule has 0 unspecified atom stereocenters. The highest BCUT2D eigenvalue weighted by Gasteiger charge is 2.36. The van der Waals surface area contributed by atoms with Crippen LogP contribution in [0.3, 0.4) is 0 Å². The lowest BCUT2D eigenvalue weighted by atomic mass is 9.75. The number of rotatable bonds is 4. The molecule has 1 aromatic carbocycles. The van der Waals surface area contributed by atoms with Crippen molar-refractivity contribution in [2.75, 3.05) is 26.2 Å². The Morgan fingerprint density at radius 1 is 1.17 bits per heavy atom. The molecule has 124 valence electrons. The second-order valence-corrected chi connectivity index (χ2v) is 7.08. The van der Waals surface area contributed by atoms with Crippen molar-refractivity contribution in [1.29, 1.82) is 0 Å². The number of amides is 2. The van der Waals surface area contributed by atoms with Crippen LogP contribution in [0, 0.1) is 0 Å². The maximum atomic E-state index is 12.2. The lowest BCUT2D eigenvalue weighted by Crippen LogP contribution is -2.48. The number of nitrogens with zero attached hydrogens (tertiary/aromatic N) is 2. The van der Waals surface area contributed by atoms with Crippen LogP contribution >= 0.6 is 0 Å². The highest BCUT2D eigenvalue weighted by Crippen LogP contribution is 2.34. The minimum absolute atomic E-state index is 0.00807. The highest BCUT2D eigenvalue weighted by atomic mass is 16.2. The molecule has 3 rings (SSSR count). The predicted octanol–water partition coefficient (Wildman–Crippen LogP) is 2.58. The zero-order valence-corrected chi connectivity index (χ0v) is 14.0. The van der Waals surface area contributed by atoms with E-state index in [0.717, 1.165) is 32.4 Å². The lowest BCUT2D eigenvalue weighted by Gasteiger charge is -2.40. The second-order valence-electron chi connectivity index (χ2n) is 7.08. The van der Waals surface area contributed by atoms with Crippen LogP contribution in [0.2, 0.25) is 0 Å². The smallest absolute Gasteiger partial charge is 0.224 e. The van der Waals surface area contributed by atoms with E-state index < -0.39 is 0 Å². The van der Waals surface area contributed by atoms with E-state index in [4.69, 9.17) is 0 Å². The SMILES string of the molecule is C[C@]1(c2ccccc2)CCC(=O)N(CCC(=O)N2CCCC2)C1. The predicted molar refractivity (Wildman–Crippen MR) is 90.0 cm³/mol. The van der Waals surface area contributed by atoms with E-state index in [9.17, 15) is 9.59 Å². The van der Waals surface area contributed by atoms with E-state index in [-0.39, 0.29) is 17.2 Å². The monoisotopic (exact) mass is 314 g/mol. The lowest BCUT2D eigenvalue weighted by molar-refractivity contribution is -0.137. The Morgan fingerprint density at radius 2 is 1.87 bits per heavy atom. The topological polar surface area (TPSA) is 40.6 Å². The van der Waals surface area contributed by atoms with Gasteiger partial charge in [-0.2, -0.15) is 0 Å². The summed E-state index contributed by atoms with van der Waals surface area (Å²) in [5.41, 5.74) is 1.27. The van der Waals surface area contributed by atoms with Crippen molar-refractivity contribution in [2.24, 2.45) is 0 Å². The van der Waals surface area contributed by atoms with Gasteiger partial charge in [-0.3, -0.25) is 9.59 Å². The molecule has 0 N–H and O–H groups in total. The third-order valence-corrected chi connectivity index (χ3v) is 5.31. The molecular formula is C19H26N2O2. The molecule has 1 aromatic rings. The summed E-state index contributed by atoms with van der Waals surface area (Å²) in [5, 5.41) is 0. The van der Waals surface area contributed by atoms with E-state index >= 15 is 0 Å². The normalized spacial score (nSPS) is 25.0. The molecule has 0 spiro atoms. The summed E-state index contributed by atoms with van der Waals surface area (Å²) in [6, 6.07) is 10.4. The first-order valence-electron chi connectivity index (χ1n) is 8.70. The molecule has 2 amide bonds. The van der Waals surface area contributed by atoms with Gasteiger partial charge in [0.15, 0.2) is 0 Å². The zero-order chi connectivity index (χ0) is 16.3. The molecule has 23 heavy (non-hydrogen) atoms. The first-order valence-corrected chi connectivity index (χ1v) is 8.70. The molecule has 2 heterocycles. The van der Waals surface area contributed by atoms with Crippen molar-refractivity contribution in [3.05, 3.63) is 35.9 Å². The zero-order valence-electron chi connectivity index (χ0n) is 14.0. The number of piperidine rings is 1. The summed E-state index contributed by atoms with van der Waals surface area (Å²) < 4.78 is 0. The summed E-state index contributed by atoms with van der Waals surface area (Å²) in [5.74, 6) is 0.384. The van der Waals surface area contributed by atoms with Gasteiger partial charge in [-0.05, 0) is 24.8 Å². The number of carbonyl (C=O) groups is 2. The molecular weight excluding hydrogens is 288 g/mol. The number of carbonyl (C=O) groups excluding carboxylic acids is 2. The Balaban J connectivity index is 1.62. The molecule has 2 saturated heterocycles. The maximum absolute atomic E-state index is 12.2. The minimum Gasteiger partial charge on any atom is -0.343 e. The van der Waals surface area contributed by atoms with Gasteiger partial charge < -0.3 is 9.80 Å². The van der Waals surface area contributed by atoms with Crippen molar-refractivity contribution in [1.82, 2.24) is 9.80 Å². The van der Waals surface area contributed by atoms with Gasteiger partial charge in [0.1, 0.15) is 0 Å². The minimum atomic E-state index is -0.00807. The first-order chi connectivity index (χ1) is 11.1. The Hall–Kier alpha value is -1.84. The Bertz CT molecular complexity index is 566. The maximum Gasteiger partial charge on any atom is 0.224 e. The molecule has 0 radical (unpaired) electrons. The van der Waals surface area contributed by atoms with Crippen LogP contribution in [0.5, 0.6) is 0 Å². The standard InChI is InChI=1S/C19H26N2O2/c1-19(16-7-3-2-4-8-16)11-9-17(22)21(15-19)14-10-18(23)20-12-5-6-13-20/h2-4,7-8H,5-6,9-15H2,1H3/t19-/m0/s1. The van der Waals surface area contributed by atoms with Gasteiger partial charge in [0.2, 0.25) is 11.8 Å². The van der Waals surface area contributed by atoms with Crippen LogP contribution in [0.15, 0.2) is 30.3 Å². The largest absolute Gasteiger partial charge is 0.343 e.